The third-order valence-corrected chi connectivity index (χ3v) is 7.47. The number of hydrogen-bond acceptors (Lipinski definition) is 3. The van der Waals surface area contributed by atoms with Crippen LogP contribution >= 0.6 is 0 Å². The first-order valence-electron chi connectivity index (χ1n) is 13.7. The second kappa shape index (κ2) is 12.5. The minimum absolute atomic E-state index is 0.106. The maximum atomic E-state index is 12.8. The molecule has 0 radical (unpaired) electrons. The Morgan fingerprint density at radius 2 is 1.59 bits per heavy atom. The molecule has 4 heteroatoms. The van der Waals surface area contributed by atoms with Crippen molar-refractivity contribution in [3.8, 4) is 16.9 Å². The highest BCUT2D eigenvalue weighted by Crippen LogP contribution is 2.28. The summed E-state index contributed by atoms with van der Waals surface area (Å²) in [6.07, 6.45) is 12.2. The molecule has 1 aliphatic carbocycles. The molecular formula is C37H32O4. The Hall–Kier alpha value is -4.96. The van der Waals surface area contributed by atoms with Gasteiger partial charge < -0.3 is 9.84 Å². The minimum Gasteiger partial charge on any atom is -0.489 e. The number of benzene rings is 4. The summed E-state index contributed by atoms with van der Waals surface area (Å²) >= 11 is 0. The number of ether oxygens (including phenoxy) is 1. The molecule has 0 saturated heterocycles. The van der Waals surface area contributed by atoms with Gasteiger partial charge in [-0.05, 0) is 53.3 Å². The zero-order chi connectivity index (χ0) is 28.7. The van der Waals surface area contributed by atoms with Gasteiger partial charge in [-0.1, -0.05) is 127 Å². The molecule has 0 bridgehead atoms. The fourth-order valence-corrected chi connectivity index (χ4v) is 4.81. The molecule has 2 atom stereocenters. The summed E-state index contributed by atoms with van der Waals surface area (Å²) < 4.78 is 6.00. The quantitative estimate of drug-likeness (QED) is 0.206. The van der Waals surface area contributed by atoms with Crippen molar-refractivity contribution in [2.75, 3.05) is 0 Å². The Labute approximate surface area is 241 Å². The zero-order valence-electron chi connectivity index (χ0n) is 22.9. The Bertz CT molecular complexity index is 1600. The summed E-state index contributed by atoms with van der Waals surface area (Å²) in [5.41, 5.74) is 4.38. The van der Waals surface area contributed by atoms with Crippen LogP contribution in [0.4, 0.5) is 0 Å². The molecule has 0 saturated carbocycles. The number of hydrogen-bond donors (Lipinski definition) is 1. The molecule has 4 aromatic carbocycles. The van der Waals surface area contributed by atoms with E-state index in [0.717, 1.165) is 34.2 Å². The van der Waals surface area contributed by atoms with E-state index in [1.54, 1.807) is 13.0 Å². The Morgan fingerprint density at radius 1 is 0.878 bits per heavy atom. The number of allylic oxidation sites excluding steroid dienone is 4. The van der Waals surface area contributed by atoms with Crippen molar-refractivity contribution in [3.63, 3.8) is 0 Å². The summed E-state index contributed by atoms with van der Waals surface area (Å²) in [5.74, 6) is -0.234. The van der Waals surface area contributed by atoms with Crippen LogP contribution in [0.25, 0.3) is 17.2 Å². The van der Waals surface area contributed by atoms with Gasteiger partial charge in [0.05, 0.1) is 0 Å². The van der Waals surface area contributed by atoms with Gasteiger partial charge in [-0.2, -0.15) is 0 Å². The van der Waals surface area contributed by atoms with Crippen molar-refractivity contribution in [3.05, 3.63) is 156 Å². The van der Waals surface area contributed by atoms with E-state index in [9.17, 15) is 14.7 Å². The van der Waals surface area contributed by atoms with Gasteiger partial charge >= 0.3 is 5.97 Å². The topological polar surface area (TPSA) is 63.6 Å². The Kier molecular flexibility index (Phi) is 8.40. The standard InChI is InChI=1S/C37H32O4/c1-37(36(39)40,33-12-6-3-7-13-33)24-23-27-15-19-29(20-16-27)30-21-17-28(18-22-30)26-41-34-14-8-11-32(25-34)35(38)31-9-4-2-5-10-31/h2-9,11-25,31H,10,26H2,1H3,(H,39,40). The van der Waals surface area contributed by atoms with E-state index in [1.807, 2.05) is 121 Å². The molecular weight excluding hydrogens is 508 g/mol. The van der Waals surface area contributed by atoms with Crippen LogP contribution in [0.15, 0.2) is 134 Å². The molecule has 0 amide bonds. The molecule has 0 aliphatic heterocycles. The number of carboxylic acid groups (broad SMARTS) is 1. The normalized spacial score (nSPS) is 15.9. The number of rotatable bonds is 10. The highest BCUT2D eigenvalue weighted by atomic mass is 16.5. The molecule has 2 unspecified atom stereocenters. The van der Waals surface area contributed by atoms with E-state index in [0.29, 0.717) is 17.9 Å². The van der Waals surface area contributed by atoms with E-state index in [-0.39, 0.29) is 11.7 Å². The summed E-state index contributed by atoms with van der Waals surface area (Å²) in [4.78, 5) is 24.9. The fourth-order valence-electron chi connectivity index (χ4n) is 4.81. The van der Waals surface area contributed by atoms with Crippen molar-refractivity contribution < 1.29 is 19.4 Å². The van der Waals surface area contributed by atoms with E-state index >= 15 is 0 Å². The third kappa shape index (κ3) is 6.62. The van der Waals surface area contributed by atoms with Crippen molar-refractivity contribution in [2.45, 2.75) is 25.4 Å². The zero-order valence-corrected chi connectivity index (χ0v) is 22.9. The number of ketones is 1. The van der Waals surface area contributed by atoms with Crippen LogP contribution in [0.5, 0.6) is 5.75 Å². The van der Waals surface area contributed by atoms with Crippen LogP contribution in [0.3, 0.4) is 0 Å². The number of Topliss-reactive ketones (excluding diaryl/α,β-unsaturated/α-hetero) is 1. The lowest BCUT2D eigenvalue weighted by Gasteiger charge is -2.21. The molecule has 4 nitrogen and oxygen atoms in total. The summed E-state index contributed by atoms with van der Waals surface area (Å²) in [6, 6.07) is 32.9. The second-order valence-electron chi connectivity index (χ2n) is 10.4. The lowest BCUT2D eigenvalue weighted by Crippen LogP contribution is -2.29. The molecule has 5 rings (SSSR count). The molecule has 204 valence electrons. The van der Waals surface area contributed by atoms with Gasteiger partial charge in [0.2, 0.25) is 0 Å². The molecule has 0 spiro atoms. The van der Waals surface area contributed by atoms with E-state index in [4.69, 9.17) is 4.74 Å². The first-order valence-corrected chi connectivity index (χ1v) is 13.7. The first-order chi connectivity index (χ1) is 19.9. The van der Waals surface area contributed by atoms with E-state index in [2.05, 4.69) is 12.1 Å². The molecule has 4 aromatic rings. The number of aliphatic carboxylic acids is 1. The molecule has 0 aromatic heterocycles. The lowest BCUT2D eigenvalue weighted by molar-refractivity contribution is -0.141. The number of carbonyl (C=O) groups excluding carboxylic acids is 1. The largest absolute Gasteiger partial charge is 0.489 e. The van der Waals surface area contributed by atoms with Gasteiger partial charge in [0.15, 0.2) is 5.78 Å². The van der Waals surface area contributed by atoms with Crippen LogP contribution in [-0.2, 0) is 16.8 Å². The average molecular weight is 541 g/mol. The smallest absolute Gasteiger partial charge is 0.317 e. The Morgan fingerprint density at radius 3 is 2.24 bits per heavy atom. The molecule has 0 heterocycles. The van der Waals surface area contributed by atoms with Crippen molar-refractivity contribution in [2.24, 2.45) is 5.92 Å². The van der Waals surface area contributed by atoms with Crippen LogP contribution in [-0.4, -0.2) is 16.9 Å². The predicted molar refractivity (Wildman–Crippen MR) is 164 cm³/mol. The van der Waals surface area contributed by atoms with E-state index in [1.165, 1.54) is 0 Å². The van der Waals surface area contributed by atoms with Crippen molar-refractivity contribution in [1.29, 1.82) is 0 Å². The summed E-state index contributed by atoms with van der Waals surface area (Å²) in [7, 11) is 0. The van der Waals surface area contributed by atoms with Gasteiger partial charge in [0.25, 0.3) is 0 Å². The van der Waals surface area contributed by atoms with Crippen LogP contribution < -0.4 is 4.74 Å². The predicted octanol–water partition coefficient (Wildman–Crippen LogP) is 8.30. The van der Waals surface area contributed by atoms with Crippen molar-refractivity contribution >= 4 is 17.8 Å². The highest BCUT2D eigenvalue weighted by Gasteiger charge is 2.32. The second-order valence-corrected chi connectivity index (χ2v) is 10.4. The fraction of sp³-hybridized carbons (Fsp3) is 0.135. The van der Waals surface area contributed by atoms with Gasteiger partial charge in [-0.15, -0.1) is 0 Å². The molecule has 1 N–H and O–H groups in total. The van der Waals surface area contributed by atoms with E-state index < -0.39 is 11.4 Å². The van der Waals surface area contributed by atoms with Crippen LogP contribution in [0, 0.1) is 5.92 Å². The van der Waals surface area contributed by atoms with Gasteiger partial charge in [-0.3, -0.25) is 9.59 Å². The van der Waals surface area contributed by atoms with Gasteiger partial charge in [0.1, 0.15) is 17.8 Å². The monoisotopic (exact) mass is 540 g/mol. The first kappa shape index (κ1) is 27.6. The molecule has 0 fully saturated rings. The lowest BCUT2D eigenvalue weighted by atomic mass is 9.82. The number of carbonyl (C=O) groups is 2. The maximum absolute atomic E-state index is 12.8. The van der Waals surface area contributed by atoms with Crippen LogP contribution in [0.1, 0.15) is 40.4 Å². The Balaban J connectivity index is 1.21. The SMILES string of the molecule is CC(C=Cc1ccc(-c2ccc(COc3cccc(C(=O)C4C=CC=CC4)c3)cc2)cc1)(C(=O)O)c1ccccc1. The van der Waals surface area contributed by atoms with Gasteiger partial charge in [-0.25, -0.2) is 0 Å². The summed E-state index contributed by atoms with van der Waals surface area (Å²) in [5, 5.41) is 9.89. The minimum atomic E-state index is -1.11. The molecule has 41 heavy (non-hydrogen) atoms. The third-order valence-electron chi connectivity index (χ3n) is 7.47. The maximum Gasteiger partial charge on any atom is 0.317 e. The average Bonchev–Trinajstić information content (AvgIpc) is 3.03. The highest BCUT2D eigenvalue weighted by molar-refractivity contribution is 5.99. The molecule has 1 aliphatic rings. The number of carboxylic acids is 1. The summed E-state index contributed by atoms with van der Waals surface area (Å²) in [6.45, 7) is 2.11. The van der Waals surface area contributed by atoms with Gasteiger partial charge in [0, 0.05) is 11.5 Å². The van der Waals surface area contributed by atoms with Crippen molar-refractivity contribution in [1.82, 2.24) is 0 Å². The van der Waals surface area contributed by atoms with Crippen LogP contribution in [0.2, 0.25) is 0 Å².